The summed E-state index contributed by atoms with van der Waals surface area (Å²) in [5, 5.41) is 0. The summed E-state index contributed by atoms with van der Waals surface area (Å²) in [5.74, 6) is -0.691. The predicted octanol–water partition coefficient (Wildman–Crippen LogP) is 1.78. The van der Waals surface area contributed by atoms with Gasteiger partial charge in [-0.15, -0.1) is 0 Å². The zero-order chi connectivity index (χ0) is 12.0. The van der Waals surface area contributed by atoms with E-state index in [9.17, 15) is 9.59 Å². The molecule has 1 aromatic heterocycles. The van der Waals surface area contributed by atoms with Crippen molar-refractivity contribution in [1.82, 2.24) is 4.98 Å². The van der Waals surface area contributed by atoms with E-state index in [1.807, 2.05) is 6.92 Å². The number of pyridine rings is 1. The standard InChI is InChI=1S/C12H15NO3/c1-3-9-8-13-6-5-10(9)11(14)7-12(15)16-4-2/h5-6,8H,3-4,7H2,1-2H3. The lowest BCUT2D eigenvalue weighted by Crippen LogP contribution is -2.13. The van der Waals surface area contributed by atoms with Gasteiger partial charge in [0.05, 0.1) is 6.61 Å². The molecular formula is C12H15NO3. The Kier molecular flexibility index (Phi) is 4.64. The van der Waals surface area contributed by atoms with Crippen LogP contribution in [0.15, 0.2) is 18.5 Å². The average molecular weight is 221 g/mol. The van der Waals surface area contributed by atoms with Crippen molar-refractivity contribution < 1.29 is 14.3 Å². The normalized spacial score (nSPS) is 9.88. The maximum absolute atomic E-state index is 11.8. The van der Waals surface area contributed by atoms with Gasteiger partial charge in [-0.25, -0.2) is 0 Å². The fourth-order valence-corrected chi connectivity index (χ4v) is 1.42. The molecular weight excluding hydrogens is 206 g/mol. The molecule has 0 aliphatic heterocycles. The molecule has 1 heterocycles. The van der Waals surface area contributed by atoms with Gasteiger partial charge in [0.15, 0.2) is 5.78 Å². The summed E-state index contributed by atoms with van der Waals surface area (Å²) >= 11 is 0. The number of carbonyl (C=O) groups is 2. The molecule has 0 radical (unpaired) electrons. The molecule has 4 nitrogen and oxygen atoms in total. The van der Waals surface area contributed by atoms with Crippen LogP contribution in [0.5, 0.6) is 0 Å². The molecule has 0 saturated carbocycles. The minimum Gasteiger partial charge on any atom is -0.466 e. The van der Waals surface area contributed by atoms with Gasteiger partial charge in [0.2, 0.25) is 0 Å². The molecule has 0 saturated heterocycles. The Morgan fingerprint density at radius 2 is 2.12 bits per heavy atom. The van der Waals surface area contributed by atoms with Gasteiger partial charge in [-0.1, -0.05) is 6.92 Å². The van der Waals surface area contributed by atoms with Crippen molar-refractivity contribution >= 4 is 11.8 Å². The highest BCUT2D eigenvalue weighted by Gasteiger charge is 2.15. The average Bonchev–Trinajstić information content (AvgIpc) is 2.29. The number of rotatable bonds is 5. The summed E-state index contributed by atoms with van der Waals surface area (Å²) < 4.78 is 4.73. The topological polar surface area (TPSA) is 56.3 Å². The first-order valence-electron chi connectivity index (χ1n) is 5.30. The van der Waals surface area contributed by atoms with Crippen molar-refractivity contribution in [2.75, 3.05) is 6.61 Å². The molecule has 0 aliphatic rings. The third-order valence-corrected chi connectivity index (χ3v) is 2.20. The van der Waals surface area contributed by atoms with Crippen molar-refractivity contribution in [2.24, 2.45) is 0 Å². The number of ether oxygens (including phenoxy) is 1. The molecule has 0 aromatic carbocycles. The summed E-state index contributed by atoms with van der Waals surface area (Å²) in [4.78, 5) is 26.9. The van der Waals surface area contributed by atoms with Crippen molar-refractivity contribution in [3.8, 4) is 0 Å². The third-order valence-electron chi connectivity index (χ3n) is 2.20. The van der Waals surface area contributed by atoms with Gasteiger partial charge in [0, 0.05) is 18.0 Å². The Hall–Kier alpha value is -1.71. The predicted molar refractivity (Wildman–Crippen MR) is 59.2 cm³/mol. The SMILES string of the molecule is CCOC(=O)CC(=O)c1ccncc1CC. The van der Waals surface area contributed by atoms with Gasteiger partial charge in [-0.05, 0) is 25.0 Å². The molecule has 16 heavy (non-hydrogen) atoms. The van der Waals surface area contributed by atoms with E-state index in [1.165, 1.54) is 0 Å². The molecule has 86 valence electrons. The van der Waals surface area contributed by atoms with Crippen LogP contribution in [0, 0.1) is 0 Å². The van der Waals surface area contributed by atoms with E-state index in [-0.39, 0.29) is 12.2 Å². The Morgan fingerprint density at radius 1 is 1.38 bits per heavy atom. The van der Waals surface area contributed by atoms with Crippen LogP contribution >= 0.6 is 0 Å². The highest BCUT2D eigenvalue weighted by Crippen LogP contribution is 2.10. The zero-order valence-electron chi connectivity index (χ0n) is 9.53. The molecule has 1 rings (SSSR count). The largest absolute Gasteiger partial charge is 0.466 e. The minimum absolute atomic E-state index is 0.204. The lowest BCUT2D eigenvalue weighted by Gasteiger charge is -2.05. The van der Waals surface area contributed by atoms with Crippen LogP contribution in [0.2, 0.25) is 0 Å². The minimum atomic E-state index is -0.480. The number of hydrogen-bond acceptors (Lipinski definition) is 4. The zero-order valence-corrected chi connectivity index (χ0v) is 9.53. The summed E-state index contributed by atoms with van der Waals surface area (Å²) in [6.07, 6.45) is 3.72. The number of aryl methyl sites for hydroxylation is 1. The molecule has 0 spiro atoms. The van der Waals surface area contributed by atoms with Gasteiger partial charge in [0.1, 0.15) is 6.42 Å². The molecule has 0 aliphatic carbocycles. The smallest absolute Gasteiger partial charge is 0.313 e. The van der Waals surface area contributed by atoms with Gasteiger partial charge in [-0.3, -0.25) is 14.6 Å². The fraction of sp³-hybridized carbons (Fsp3) is 0.417. The quantitative estimate of drug-likeness (QED) is 0.432. The second-order valence-electron chi connectivity index (χ2n) is 3.29. The van der Waals surface area contributed by atoms with E-state index >= 15 is 0 Å². The monoisotopic (exact) mass is 221 g/mol. The maximum atomic E-state index is 11.8. The Bertz CT molecular complexity index is 388. The maximum Gasteiger partial charge on any atom is 0.313 e. The Balaban J connectivity index is 2.76. The lowest BCUT2D eigenvalue weighted by atomic mass is 10.0. The lowest BCUT2D eigenvalue weighted by molar-refractivity contribution is -0.141. The first kappa shape index (κ1) is 12.4. The second kappa shape index (κ2) is 6.00. The number of nitrogens with zero attached hydrogens (tertiary/aromatic N) is 1. The number of esters is 1. The summed E-state index contributed by atoms with van der Waals surface area (Å²) in [7, 11) is 0. The molecule has 4 heteroatoms. The second-order valence-corrected chi connectivity index (χ2v) is 3.29. The van der Waals surface area contributed by atoms with Gasteiger partial charge >= 0.3 is 5.97 Å². The van der Waals surface area contributed by atoms with Crippen LogP contribution in [0.1, 0.15) is 36.2 Å². The number of aromatic nitrogens is 1. The van der Waals surface area contributed by atoms with E-state index in [1.54, 1.807) is 25.4 Å². The highest BCUT2D eigenvalue weighted by atomic mass is 16.5. The van der Waals surface area contributed by atoms with E-state index in [0.29, 0.717) is 12.2 Å². The Morgan fingerprint density at radius 3 is 2.75 bits per heavy atom. The van der Waals surface area contributed by atoms with E-state index < -0.39 is 5.97 Å². The molecule has 0 fully saturated rings. The summed E-state index contributed by atoms with van der Waals surface area (Å²) in [6, 6.07) is 1.64. The van der Waals surface area contributed by atoms with Crippen LogP contribution in [0.25, 0.3) is 0 Å². The van der Waals surface area contributed by atoms with E-state index in [2.05, 4.69) is 4.98 Å². The number of Topliss-reactive ketones (excluding diaryl/α,β-unsaturated/α-hetero) is 1. The fourth-order valence-electron chi connectivity index (χ4n) is 1.42. The first-order chi connectivity index (χ1) is 7.69. The summed E-state index contributed by atoms with van der Waals surface area (Å²) in [5.41, 5.74) is 1.42. The molecule has 0 unspecified atom stereocenters. The summed E-state index contributed by atoms with van der Waals surface area (Å²) in [6.45, 7) is 3.95. The third kappa shape index (κ3) is 3.15. The van der Waals surface area contributed by atoms with Crippen molar-refractivity contribution in [3.63, 3.8) is 0 Å². The molecule has 0 bridgehead atoms. The molecule has 0 N–H and O–H groups in total. The number of hydrogen-bond donors (Lipinski definition) is 0. The van der Waals surface area contributed by atoms with Crippen molar-refractivity contribution in [1.29, 1.82) is 0 Å². The van der Waals surface area contributed by atoms with Crippen molar-refractivity contribution in [2.45, 2.75) is 26.7 Å². The van der Waals surface area contributed by atoms with Gasteiger partial charge in [-0.2, -0.15) is 0 Å². The van der Waals surface area contributed by atoms with Crippen LogP contribution in [-0.4, -0.2) is 23.3 Å². The van der Waals surface area contributed by atoms with Crippen molar-refractivity contribution in [3.05, 3.63) is 29.6 Å². The number of ketones is 1. The Labute approximate surface area is 94.6 Å². The first-order valence-corrected chi connectivity index (χ1v) is 5.30. The van der Waals surface area contributed by atoms with Gasteiger partial charge < -0.3 is 4.74 Å². The van der Waals surface area contributed by atoms with Crippen LogP contribution in [0.3, 0.4) is 0 Å². The van der Waals surface area contributed by atoms with E-state index in [4.69, 9.17) is 4.74 Å². The van der Waals surface area contributed by atoms with E-state index in [0.717, 1.165) is 12.0 Å². The van der Waals surface area contributed by atoms with Crippen LogP contribution in [0.4, 0.5) is 0 Å². The number of carbonyl (C=O) groups excluding carboxylic acids is 2. The highest BCUT2D eigenvalue weighted by molar-refractivity contribution is 6.06. The molecule has 0 amide bonds. The van der Waals surface area contributed by atoms with Crippen LogP contribution in [-0.2, 0) is 16.0 Å². The molecule has 0 atom stereocenters. The van der Waals surface area contributed by atoms with Gasteiger partial charge in [0.25, 0.3) is 0 Å². The molecule has 1 aromatic rings. The van der Waals surface area contributed by atoms with Crippen LogP contribution < -0.4 is 0 Å².